The Bertz CT molecular complexity index is 1260. The molecule has 3 aromatic carbocycles. The smallest absolute Gasteiger partial charge is 0.247 e. The standard InChI is InChI=1S/C26H24N4O2S/c1-3-31-22-11-7-5-9-20(22)24-27-21-10-6-4-8-19(21)23-25(32-24)28-26(30-29-23)33-16-18-14-12-17(2)13-15-18/h4-15,24,27H,3,16H2,1-2H3. The molecule has 1 aliphatic heterocycles. The molecule has 0 fully saturated rings. The van der Waals surface area contributed by atoms with Crippen LogP contribution in [0.2, 0.25) is 0 Å². The second-order valence-corrected chi connectivity index (χ2v) is 8.62. The Hall–Kier alpha value is -3.58. The summed E-state index contributed by atoms with van der Waals surface area (Å²) < 4.78 is 12.3. The Morgan fingerprint density at radius 3 is 2.61 bits per heavy atom. The van der Waals surface area contributed by atoms with Crippen molar-refractivity contribution in [2.45, 2.75) is 31.0 Å². The van der Waals surface area contributed by atoms with Crippen LogP contribution in [0.1, 0.15) is 29.8 Å². The molecule has 33 heavy (non-hydrogen) atoms. The number of nitrogens with zero attached hydrogens (tertiary/aromatic N) is 3. The fraction of sp³-hybridized carbons (Fsp3) is 0.192. The number of fused-ring (bicyclic) bond motifs is 3. The van der Waals surface area contributed by atoms with Crippen LogP contribution in [0.5, 0.6) is 11.6 Å². The normalized spacial score (nSPS) is 14.3. The summed E-state index contributed by atoms with van der Waals surface area (Å²) in [6.45, 7) is 4.62. The molecule has 7 heteroatoms. The fourth-order valence-electron chi connectivity index (χ4n) is 3.67. The van der Waals surface area contributed by atoms with Gasteiger partial charge in [-0.05, 0) is 37.6 Å². The first-order valence-electron chi connectivity index (χ1n) is 10.9. The number of ether oxygens (including phenoxy) is 2. The molecule has 0 saturated heterocycles. The third kappa shape index (κ3) is 4.64. The SMILES string of the molecule is CCOc1ccccc1C1Nc2ccccc2-c2nnc(SCc3ccc(C)cc3)nc2O1. The van der Waals surface area contributed by atoms with E-state index in [2.05, 4.69) is 46.7 Å². The molecule has 0 bridgehead atoms. The summed E-state index contributed by atoms with van der Waals surface area (Å²) in [4.78, 5) is 4.74. The van der Waals surface area contributed by atoms with E-state index in [0.717, 1.165) is 28.3 Å². The zero-order valence-electron chi connectivity index (χ0n) is 18.5. The van der Waals surface area contributed by atoms with Gasteiger partial charge in [-0.25, -0.2) is 0 Å². The summed E-state index contributed by atoms with van der Waals surface area (Å²) >= 11 is 1.54. The van der Waals surface area contributed by atoms with Crippen LogP contribution in [0.3, 0.4) is 0 Å². The molecule has 0 aliphatic carbocycles. The lowest BCUT2D eigenvalue weighted by Crippen LogP contribution is -2.18. The molecule has 1 unspecified atom stereocenters. The van der Waals surface area contributed by atoms with Crippen LogP contribution in [0, 0.1) is 6.92 Å². The van der Waals surface area contributed by atoms with Gasteiger partial charge in [-0.1, -0.05) is 71.9 Å². The second-order valence-electron chi connectivity index (χ2n) is 7.68. The monoisotopic (exact) mass is 456 g/mol. The van der Waals surface area contributed by atoms with Crippen molar-refractivity contribution in [1.82, 2.24) is 15.2 Å². The predicted molar refractivity (Wildman–Crippen MR) is 131 cm³/mol. The molecule has 5 rings (SSSR count). The number of hydrogen-bond acceptors (Lipinski definition) is 7. The number of thioether (sulfide) groups is 1. The number of nitrogens with one attached hydrogen (secondary N) is 1. The molecular weight excluding hydrogens is 432 g/mol. The van der Waals surface area contributed by atoms with Gasteiger partial charge in [0.05, 0.1) is 12.2 Å². The van der Waals surface area contributed by atoms with Crippen molar-refractivity contribution in [1.29, 1.82) is 0 Å². The summed E-state index contributed by atoms with van der Waals surface area (Å²) in [7, 11) is 0. The zero-order chi connectivity index (χ0) is 22.6. The van der Waals surface area contributed by atoms with E-state index >= 15 is 0 Å². The van der Waals surface area contributed by atoms with Gasteiger partial charge in [0, 0.05) is 17.0 Å². The number of aryl methyl sites for hydroxylation is 1. The van der Waals surface area contributed by atoms with Gasteiger partial charge in [0.1, 0.15) is 5.75 Å². The first kappa shape index (κ1) is 21.3. The Kier molecular flexibility index (Phi) is 6.13. The van der Waals surface area contributed by atoms with Crippen LogP contribution in [-0.4, -0.2) is 21.8 Å². The van der Waals surface area contributed by atoms with E-state index in [1.165, 1.54) is 22.9 Å². The largest absolute Gasteiger partial charge is 0.493 e. The lowest BCUT2D eigenvalue weighted by Gasteiger charge is -2.21. The average Bonchev–Trinajstić information content (AvgIpc) is 3.01. The van der Waals surface area contributed by atoms with Crippen LogP contribution in [0.25, 0.3) is 11.3 Å². The van der Waals surface area contributed by atoms with E-state index < -0.39 is 6.23 Å². The topological polar surface area (TPSA) is 69.2 Å². The third-order valence-corrected chi connectivity index (χ3v) is 6.23. The predicted octanol–water partition coefficient (Wildman–Crippen LogP) is 6.04. The Morgan fingerprint density at radius 1 is 0.970 bits per heavy atom. The summed E-state index contributed by atoms with van der Waals surface area (Å²) in [5, 5.41) is 12.9. The Balaban J connectivity index is 1.49. The third-order valence-electron chi connectivity index (χ3n) is 5.32. The summed E-state index contributed by atoms with van der Waals surface area (Å²) in [5.74, 6) is 1.98. The van der Waals surface area contributed by atoms with Crippen molar-refractivity contribution in [3.63, 3.8) is 0 Å². The van der Waals surface area contributed by atoms with Crippen molar-refractivity contribution in [3.8, 4) is 22.9 Å². The molecule has 166 valence electrons. The van der Waals surface area contributed by atoms with Crippen LogP contribution >= 0.6 is 11.8 Å². The van der Waals surface area contributed by atoms with E-state index in [-0.39, 0.29) is 0 Å². The molecule has 1 N–H and O–H groups in total. The Labute approximate surface area is 197 Å². The van der Waals surface area contributed by atoms with Crippen molar-refractivity contribution >= 4 is 17.4 Å². The first-order valence-corrected chi connectivity index (χ1v) is 11.9. The van der Waals surface area contributed by atoms with Gasteiger partial charge in [0.15, 0.2) is 5.69 Å². The highest BCUT2D eigenvalue weighted by Crippen LogP contribution is 2.41. The molecule has 1 aromatic heterocycles. The van der Waals surface area contributed by atoms with Gasteiger partial charge in [0.25, 0.3) is 0 Å². The van der Waals surface area contributed by atoms with Crippen LogP contribution < -0.4 is 14.8 Å². The highest BCUT2D eigenvalue weighted by molar-refractivity contribution is 7.98. The number of anilines is 1. The van der Waals surface area contributed by atoms with Crippen LogP contribution in [0.15, 0.2) is 78.0 Å². The van der Waals surface area contributed by atoms with Crippen LogP contribution in [0.4, 0.5) is 5.69 Å². The minimum Gasteiger partial charge on any atom is -0.493 e. The van der Waals surface area contributed by atoms with E-state index in [9.17, 15) is 0 Å². The Morgan fingerprint density at radius 2 is 1.76 bits per heavy atom. The van der Waals surface area contributed by atoms with Crippen LogP contribution in [-0.2, 0) is 5.75 Å². The van der Waals surface area contributed by atoms with Crippen molar-refractivity contribution in [3.05, 3.63) is 89.5 Å². The van der Waals surface area contributed by atoms with E-state index in [0.29, 0.717) is 23.3 Å². The molecular formula is C26H24N4O2S. The molecule has 1 atom stereocenters. The first-order chi connectivity index (χ1) is 16.2. The average molecular weight is 457 g/mol. The number of aromatic nitrogens is 3. The highest BCUT2D eigenvalue weighted by atomic mass is 32.2. The number of rotatable bonds is 6. The fourth-order valence-corrected chi connectivity index (χ4v) is 4.40. The summed E-state index contributed by atoms with van der Waals surface area (Å²) in [6, 6.07) is 24.3. The van der Waals surface area contributed by atoms with E-state index in [1.807, 2.05) is 55.5 Å². The number of hydrogen-bond donors (Lipinski definition) is 1. The maximum Gasteiger partial charge on any atom is 0.247 e. The maximum absolute atomic E-state index is 6.40. The molecule has 0 spiro atoms. The van der Waals surface area contributed by atoms with Gasteiger partial charge < -0.3 is 14.8 Å². The van der Waals surface area contributed by atoms with E-state index in [1.54, 1.807) is 0 Å². The lowest BCUT2D eigenvalue weighted by molar-refractivity contribution is 0.217. The molecule has 6 nitrogen and oxygen atoms in total. The summed E-state index contributed by atoms with van der Waals surface area (Å²) in [5.41, 5.74) is 5.77. The van der Waals surface area contributed by atoms with Crippen molar-refractivity contribution in [2.24, 2.45) is 0 Å². The van der Waals surface area contributed by atoms with Gasteiger partial charge in [0.2, 0.25) is 17.3 Å². The molecule has 2 heterocycles. The lowest BCUT2D eigenvalue weighted by atomic mass is 10.1. The quantitative estimate of drug-likeness (QED) is 0.355. The van der Waals surface area contributed by atoms with Gasteiger partial charge in [-0.2, -0.15) is 4.98 Å². The van der Waals surface area contributed by atoms with Gasteiger partial charge in [-0.3, -0.25) is 0 Å². The minimum absolute atomic E-state index is 0.449. The van der Waals surface area contributed by atoms with Gasteiger partial charge >= 0.3 is 0 Å². The van der Waals surface area contributed by atoms with Crippen molar-refractivity contribution < 1.29 is 9.47 Å². The molecule has 4 aromatic rings. The zero-order valence-corrected chi connectivity index (χ0v) is 19.3. The van der Waals surface area contributed by atoms with Gasteiger partial charge in [-0.15, -0.1) is 10.2 Å². The molecule has 0 amide bonds. The maximum atomic E-state index is 6.40. The van der Waals surface area contributed by atoms with Crippen molar-refractivity contribution in [2.75, 3.05) is 11.9 Å². The molecule has 0 saturated carbocycles. The number of benzene rings is 3. The number of para-hydroxylation sites is 2. The molecule has 1 aliphatic rings. The highest BCUT2D eigenvalue weighted by Gasteiger charge is 2.27. The summed E-state index contributed by atoms with van der Waals surface area (Å²) in [6.07, 6.45) is -0.484. The second kappa shape index (κ2) is 9.50. The minimum atomic E-state index is -0.484. The van der Waals surface area contributed by atoms with E-state index in [4.69, 9.17) is 14.5 Å². The molecule has 0 radical (unpaired) electrons.